The van der Waals surface area contributed by atoms with E-state index in [9.17, 15) is 9.59 Å². The molecule has 1 amide bonds. The molecule has 2 unspecified atom stereocenters. The summed E-state index contributed by atoms with van der Waals surface area (Å²) < 4.78 is 1.40. The summed E-state index contributed by atoms with van der Waals surface area (Å²) in [5, 5.41) is 15.0. The van der Waals surface area contributed by atoms with Crippen LogP contribution in [0.4, 0.5) is 0 Å². The summed E-state index contributed by atoms with van der Waals surface area (Å²) >= 11 is 0. The molecule has 88 valence electrons. The Kier molecular flexibility index (Phi) is 3.98. The summed E-state index contributed by atoms with van der Waals surface area (Å²) in [6, 6.07) is -0.497. The maximum Gasteiger partial charge on any atom is 0.308 e. The third-order valence-electron chi connectivity index (χ3n) is 2.22. The molecule has 7 heteroatoms. The van der Waals surface area contributed by atoms with Crippen LogP contribution in [0, 0.1) is 5.92 Å². The van der Waals surface area contributed by atoms with Gasteiger partial charge in [0.2, 0.25) is 5.91 Å². The van der Waals surface area contributed by atoms with Crippen molar-refractivity contribution < 1.29 is 14.7 Å². The van der Waals surface area contributed by atoms with Gasteiger partial charge in [-0.2, -0.15) is 5.10 Å². The number of nitrogens with one attached hydrogen (secondary N) is 1. The quantitative estimate of drug-likeness (QED) is 0.716. The van der Waals surface area contributed by atoms with Crippen molar-refractivity contribution in [2.75, 3.05) is 6.54 Å². The van der Waals surface area contributed by atoms with Crippen molar-refractivity contribution in [2.45, 2.75) is 19.9 Å². The zero-order valence-corrected chi connectivity index (χ0v) is 9.12. The van der Waals surface area contributed by atoms with Crippen LogP contribution in [0.3, 0.4) is 0 Å². The molecule has 2 atom stereocenters. The standard InChI is InChI=1S/C9H14N4O3/c1-6(9(15)16)3-11-8(14)7(2)13-5-10-4-12-13/h4-7H,3H2,1-2H3,(H,11,14)(H,15,16). The van der Waals surface area contributed by atoms with Gasteiger partial charge in [0.1, 0.15) is 18.7 Å². The molecule has 1 rings (SSSR count). The third-order valence-corrected chi connectivity index (χ3v) is 2.22. The Bertz CT molecular complexity index is 363. The molecule has 0 aliphatic rings. The predicted octanol–water partition coefficient (Wildman–Crippen LogP) is -0.324. The Labute approximate surface area is 92.5 Å². The number of carboxylic acid groups (broad SMARTS) is 1. The largest absolute Gasteiger partial charge is 0.481 e. The highest BCUT2D eigenvalue weighted by molar-refractivity contribution is 5.80. The molecule has 0 radical (unpaired) electrons. The van der Waals surface area contributed by atoms with Gasteiger partial charge in [-0.25, -0.2) is 9.67 Å². The van der Waals surface area contributed by atoms with E-state index in [4.69, 9.17) is 5.11 Å². The number of amides is 1. The fourth-order valence-electron chi connectivity index (χ4n) is 1.03. The predicted molar refractivity (Wildman–Crippen MR) is 54.5 cm³/mol. The van der Waals surface area contributed by atoms with Crippen molar-refractivity contribution in [3.8, 4) is 0 Å². The first-order chi connectivity index (χ1) is 7.52. The van der Waals surface area contributed by atoms with Crippen molar-refractivity contribution >= 4 is 11.9 Å². The van der Waals surface area contributed by atoms with Crippen LogP contribution in [0.25, 0.3) is 0 Å². The SMILES string of the molecule is CC(CNC(=O)C(C)n1cncn1)C(=O)O. The Hall–Kier alpha value is -1.92. The molecule has 0 aliphatic heterocycles. The van der Waals surface area contributed by atoms with Gasteiger partial charge in [-0.15, -0.1) is 0 Å². The number of carboxylic acids is 1. The summed E-state index contributed by atoms with van der Waals surface area (Å²) in [6.45, 7) is 3.30. The second-order valence-corrected chi connectivity index (χ2v) is 3.54. The topological polar surface area (TPSA) is 97.1 Å². The molecule has 0 saturated heterocycles. The number of aromatic nitrogens is 3. The van der Waals surface area contributed by atoms with Crippen molar-refractivity contribution in [3.05, 3.63) is 12.7 Å². The van der Waals surface area contributed by atoms with Gasteiger partial charge in [0, 0.05) is 6.54 Å². The van der Waals surface area contributed by atoms with E-state index >= 15 is 0 Å². The fraction of sp³-hybridized carbons (Fsp3) is 0.556. The Morgan fingerprint density at radius 3 is 2.69 bits per heavy atom. The van der Waals surface area contributed by atoms with Crippen molar-refractivity contribution in [3.63, 3.8) is 0 Å². The summed E-state index contributed by atoms with van der Waals surface area (Å²) in [4.78, 5) is 25.8. The van der Waals surface area contributed by atoms with Gasteiger partial charge < -0.3 is 10.4 Å². The number of hydrogen-bond donors (Lipinski definition) is 2. The highest BCUT2D eigenvalue weighted by atomic mass is 16.4. The van der Waals surface area contributed by atoms with Crippen LogP contribution in [0.15, 0.2) is 12.7 Å². The lowest BCUT2D eigenvalue weighted by molar-refractivity contribution is -0.141. The summed E-state index contributed by atoms with van der Waals surface area (Å²) in [7, 11) is 0. The first kappa shape index (κ1) is 12.2. The second-order valence-electron chi connectivity index (χ2n) is 3.54. The van der Waals surface area contributed by atoms with Gasteiger partial charge in [-0.1, -0.05) is 6.92 Å². The number of rotatable bonds is 5. The normalized spacial score (nSPS) is 14.1. The van der Waals surface area contributed by atoms with E-state index in [0.29, 0.717) is 0 Å². The van der Waals surface area contributed by atoms with Crippen LogP contribution in [-0.2, 0) is 9.59 Å². The van der Waals surface area contributed by atoms with Crippen LogP contribution in [0.1, 0.15) is 19.9 Å². The molecule has 0 aliphatic carbocycles. The van der Waals surface area contributed by atoms with Gasteiger partial charge >= 0.3 is 5.97 Å². The van der Waals surface area contributed by atoms with Crippen LogP contribution in [0.5, 0.6) is 0 Å². The number of nitrogens with zero attached hydrogens (tertiary/aromatic N) is 3. The first-order valence-corrected chi connectivity index (χ1v) is 4.87. The summed E-state index contributed by atoms with van der Waals surface area (Å²) in [5.74, 6) is -1.82. The minimum Gasteiger partial charge on any atom is -0.481 e. The molecule has 7 nitrogen and oxygen atoms in total. The Morgan fingerprint density at radius 2 is 2.19 bits per heavy atom. The average molecular weight is 226 g/mol. The highest BCUT2D eigenvalue weighted by Gasteiger charge is 2.17. The van der Waals surface area contributed by atoms with E-state index < -0.39 is 17.9 Å². The van der Waals surface area contributed by atoms with Gasteiger partial charge in [0.05, 0.1) is 5.92 Å². The highest BCUT2D eigenvalue weighted by Crippen LogP contribution is 2.02. The lowest BCUT2D eigenvalue weighted by Crippen LogP contribution is -2.36. The number of carbonyl (C=O) groups is 2. The Balaban J connectivity index is 2.44. The molecular weight excluding hydrogens is 212 g/mol. The number of carbonyl (C=O) groups excluding carboxylic acids is 1. The number of aliphatic carboxylic acids is 1. The minimum absolute atomic E-state index is 0.104. The zero-order valence-electron chi connectivity index (χ0n) is 9.12. The van der Waals surface area contributed by atoms with E-state index in [0.717, 1.165) is 0 Å². The van der Waals surface area contributed by atoms with Crippen LogP contribution in [0.2, 0.25) is 0 Å². The fourth-order valence-corrected chi connectivity index (χ4v) is 1.03. The van der Waals surface area contributed by atoms with Gasteiger partial charge in [-0.05, 0) is 6.92 Å². The molecular formula is C9H14N4O3. The second kappa shape index (κ2) is 5.24. The smallest absolute Gasteiger partial charge is 0.308 e. The average Bonchev–Trinajstić information content (AvgIpc) is 2.77. The summed E-state index contributed by atoms with van der Waals surface area (Å²) in [5.41, 5.74) is 0. The van der Waals surface area contributed by atoms with Crippen molar-refractivity contribution in [1.82, 2.24) is 20.1 Å². The maximum atomic E-state index is 11.6. The number of hydrogen-bond acceptors (Lipinski definition) is 4. The third kappa shape index (κ3) is 3.04. The van der Waals surface area contributed by atoms with Gasteiger partial charge in [0.15, 0.2) is 0 Å². The molecule has 0 fully saturated rings. The molecule has 1 heterocycles. The molecule has 0 bridgehead atoms. The van der Waals surface area contributed by atoms with Crippen LogP contribution < -0.4 is 5.32 Å². The molecule has 1 aromatic rings. The maximum absolute atomic E-state index is 11.6. The van der Waals surface area contributed by atoms with Crippen LogP contribution in [-0.4, -0.2) is 38.3 Å². The summed E-state index contributed by atoms with van der Waals surface area (Å²) in [6.07, 6.45) is 2.77. The van der Waals surface area contributed by atoms with Gasteiger partial charge in [-0.3, -0.25) is 9.59 Å². The van der Waals surface area contributed by atoms with E-state index in [-0.39, 0.29) is 12.5 Å². The van der Waals surface area contributed by atoms with E-state index in [1.165, 1.54) is 24.3 Å². The minimum atomic E-state index is -0.936. The van der Waals surface area contributed by atoms with E-state index in [2.05, 4.69) is 15.4 Å². The lowest BCUT2D eigenvalue weighted by Gasteiger charge is -2.13. The van der Waals surface area contributed by atoms with Gasteiger partial charge in [0.25, 0.3) is 0 Å². The lowest BCUT2D eigenvalue weighted by atomic mass is 10.2. The van der Waals surface area contributed by atoms with E-state index in [1.807, 2.05) is 0 Å². The first-order valence-electron chi connectivity index (χ1n) is 4.87. The molecule has 16 heavy (non-hydrogen) atoms. The van der Waals surface area contributed by atoms with E-state index in [1.54, 1.807) is 6.92 Å². The molecule has 0 spiro atoms. The van der Waals surface area contributed by atoms with Crippen LogP contribution >= 0.6 is 0 Å². The molecule has 1 aromatic heterocycles. The molecule has 2 N–H and O–H groups in total. The van der Waals surface area contributed by atoms with Crippen molar-refractivity contribution in [2.24, 2.45) is 5.92 Å². The molecule has 0 aromatic carbocycles. The zero-order chi connectivity index (χ0) is 12.1. The Morgan fingerprint density at radius 1 is 1.50 bits per heavy atom. The molecule has 0 saturated carbocycles. The monoisotopic (exact) mass is 226 g/mol. The van der Waals surface area contributed by atoms with Crippen molar-refractivity contribution in [1.29, 1.82) is 0 Å².